The van der Waals surface area contributed by atoms with E-state index in [0.717, 1.165) is 16.6 Å². The highest BCUT2D eigenvalue weighted by molar-refractivity contribution is 6.31. The van der Waals surface area contributed by atoms with Gasteiger partial charge in [-0.25, -0.2) is 14.6 Å². The maximum Gasteiger partial charge on any atom is 0.305 e. The van der Waals surface area contributed by atoms with Crippen LogP contribution in [0.4, 0.5) is 5.82 Å². The summed E-state index contributed by atoms with van der Waals surface area (Å²) >= 11 is 6.26. The monoisotopic (exact) mass is 359 g/mol. The SMILES string of the molecule is COC(=O)CCCn1nc(Cc2ccccc2Cl)c2c(N)ncnc21. The van der Waals surface area contributed by atoms with Gasteiger partial charge in [-0.3, -0.25) is 4.79 Å². The molecule has 3 rings (SSSR count). The van der Waals surface area contributed by atoms with Crippen LogP contribution in [0.1, 0.15) is 24.1 Å². The minimum Gasteiger partial charge on any atom is -0.469 e. The van der Waals surface area contributed by atoms with Crippen molar-refractivity contribution >= 4 is 34.4 Å². The van der Waals surface area contributed by atoms with Crippen molar-refractivity contribution in [2.75, 3.05) is 12.8 Å². The molecule has 0 aliphatic carbocycles. The molecule has 2 aromatic heterocycles. The second kappa shape index (κ2) is 7.48. The molecule has 8 heteroatoms. The topological polar surface area (TPSA) is 95.9 Å². The van der Waals surface area contributed by atoms with Crippen LogP contribution in [0.3, 0.4) is 0 Å². The van der Waals surface area contributed by atoms with Crippen LogP contribution in [0.25, 0.3) is 11.0 Å². The highest BCUT2D eigenvalue weighted by atomic mass is 35.5. The van der Waals surface area contributed by atoms with Crippen molar-refractivity contribution in [2.45, 2.75) is 25.8 Å². The lowest BCUT2D eigenvalue weighted by Crippen LogP contribution is -2.06. The first-order chi connectivity index (χ1) is 12.1. The number of halogens is 1. The Kier molecular flexibility index (Phi) is 5.14. The van der Waals surface area contributed by atoms with E-state index in [1.165, 1.54) is 13.4 Å². The molecule has 0 saturated heterocycles. The second-order valence-corrected chi connectivity index (χ2v) is 5.98. The predicted octanol–water partition coefficient (Wildman–Crippen LogP) is 2.61. The zero-order chi connectivity index (χ0) is 17.8. The number of aryl methyl sites for hydroxylation is 1. The van der Waals surface area contributed by atoms with E-state index in [0.29, 0.717) is 42.3 Å². The van der Waals surface area contributed by atoms with Crippen molar-refractivity contribution in [3.63, 3.8) is 0 Å². The van der Waals surface area contributed by atoms with Crippen molar-refractivity contribution in [3.8, 4) is 0 Å². The largest absolute Gasteiger partial charge is 0.469 e. The Morgan fingerprint density at radius 1 is 1.32 bits per heavy atom. The van der Waals surface area contributed by atoms with Crippen LogP contribution in [0.5, 0.6) is 0 Å². The minimum absolute atomic E-state index is 0.248. The van der Waals surface area contributed by atoms with Crippen LogP contribution < -0.4 is 5.73 Å². The molecule has 0 aliphatic heterocycles. The Bertz CT molecular complexity index is 909. The third-order valence-corrected chi connectivity index (χ3v) is 4.29. The van der Waals surface area contributed by atoms with Crippen LogP contribution in [0.2, 0.25) is 5.02 Å². The summed E-state index contributed by atoms with van der Waals surface area (Å²) in [5, 5.41) is 6.03. The number of aromatic nitrogens is 4. The summed E-state index contributed by atoms with van der Waals surface area (Å²) in [5.41, 5.74) is 8.42. The number of esters is 1. The average Bonchev–Trinajstić information content (AvgIpc) is 2.96. The van der Waals surface area contributed by atoms with Crippen LogP contribution in [0.15, 0.2) is 30.6 Å². The van der Waals surface area contributed by atoms with Gasteiger partial charge < -0.3 is 10.5 Å². The summed E-state index contributed by atoms with van der Waals surface area (Å²) in [6, 6.07) is 7.60. The number of nitrogen functional groups attached to an aromatic ring is 1. The molecule has 0 unspecified atom stereocenters. The molecule has 3 aromatic rings. The van der Waals surface area contributed by atoms with E-state index in [-0.39, 0.29) is 5.97 Å². The molecule has 0 fully saturated rings. The van der Waals surface area contributed by atoms with Gasteiger partial charge in [-0.2, -0.15) is 5.10 Å². The summed E-state index contributed by atoms with van der Waals surface area (Å²) in [4.78, 5) is 19.7. The molecular weight excluding hydrogens is 342 g/mol. The Morgan fingerprint density at radius 3 is 2.88 bits per heavy atom. The number of hydrogen-bond acceptors (Lipinski definition) is 6. The van der Waals surface area contributed by atoms with Gasteiger partial charge in [0.15, 0.2) is 5.65 Å². The first kappa shape index (κ1) is 17.2. The van der Waals surface area contributed by atoms with Gasteiger partial charge in [-0.15, -0.1) is 0 Å². The fourth-order valence-corrected chi connectivity index (χ4v) is 2.88. The molecule has 0 amide bonds. The molecule has 130 valence electrons. The van der Waals surface area contributed by atoms with Crippen LogP contribution in [-0.2, 0) is 22.5 Å². The van der Waals surface area contributed by atoms with Gasteiger partial charge in [0.05, 0.1) is 18.2 Å². The number of rotatable bonds is 6. The molecule has 7 nitrogen and oxygen atoms in total. The van der Waals surface area contributed by atoms with E-state index >= 15 is 0 Å². The Hall–Kier alpha value is -2.67. The Labute approximate surface area is 149 Å². The minimum atomic E-state index is -0.248. The molecule has 1 aromatic carbocycles. The first-order valence-electron chi connectivity index (χ1n) is 7.86. The number of fused-ring (bicyclic) bond motifs is 1. The first-order valence-corrected chi connectivity index (χ1v) is 8.24. The molecule has 0 spiro atoms. The number of benzene rings is 1. The summed E-state index contributed by atoms with van der Waals surface area (Å²) < 4.78 is 6.42. The van der Waals surface area contributed by atoms with E-state index in [2.05, 4.69) is 19.8 Å². The van der Waals surface area contributed by atoms with Crippen LogP contribution in [-0.4, -0.2) is 32.8 Å². The number of anilines is 1. The highest BCUT2D eigenvalue weighted by Gasteiger charge is 2.16. The maximum absolute atomic E-state index is 11.3. The number of hydrogen-bond donors (Lipinski definition) is 1. The van der Waals surface area contributed by atoms with Gasteiger partial charge in [0.25, 0.3) is 0 Å². The van der Waals surface area contributed by atoms with Crippen LogP contribution in [0, 0.1) is 0 Å². The lowest BCUT2D eigenvalue weighted by atomic mass is 10.1. The quantitative estimate of drug-likeness (QED) is 0.679. The smallest absolute Gasteiger partial charge is 0.305 e. The lowest BCUT2D eigenvalue weighted by molar-refractivity contribution is -0.140. The Balaban J connectivity index is 1.93. The molecule has 0 atom stereocenters. The molecular formula is C17H18ClN5O2. The van der Waals surface area contributed by atoms with E-state index in [1.807, 2.05) is 24.3 Å². The van der Waals surface area contributed by atoms with Crippen molar-refractivity contribution in [1.82, 2.24) is 19.7 Å². The Morgan fingerprint density at radius 2 is 2.12 bits per heavy atom. The number of nitrogens with zero attached hydrogens (tertiary/aromatic N) is 4. The van der Waals surface area contributed by atoms with E-state index < -0.39 is 0 Å². The predicted molar refractivity (Wildman–Crippen MR) is 95.2 cm³/mol. The average molecular weight is 360 g/mol. The van der Waals surface area contributed by atoms with E-state index in [9.17, 15) is 4.79 Å². The zero-order valence-corrected chi connectivity index (χ0v) is 14.5. The van der Waals surface area contributed by atoms with E-state index in [1.54, 1.807) is 4.68 Å². The number of ether oxygens (including phenoxy) is 1. The number of carbonyl (C=O) groups is 1. The van der Waals surface area contributed by atoms with E-state index in [4.69, 9.17) is 17.3 Å². The van der Waals surface area contributed by atoms with Crippen molar-refractivity contribution in [1.29, 1.82) is 0 Å². The maximum atomic E-state index is 11.3. The number of carbonyl (C=O) groups excluding carboxylic acids is 1. The van der Waals surface area contributed by atoms with Gasteiger partial charge in [-0.05, 0) is 18.1 Å². The molecule has 2 heterocycles. The molecule has 0 saturated carbocycles. The van der Waals surface area contributed by atoms with Gasteiger partial charge in [-0.1, -0.05) is 29.8 Å². The molecule has 0 radical (unpaired) electrons. The molecule has 0 aliphatic rings. The molecule has 25 heavy (non-hydrogen) atoms. The molecule has 2 N–H and O–H groups in total. The van der Waals surface area contributed by atoms with Gasteiger partial charge in [0, 0.05) is 24.4 Å². The third-order valence-electron chi connectivity index (χ3n) is 3.93. The lowest BCUT2D eigenvalue weighted by Gasteiger charge is -2.02. The summed E-state index contributed by atoms with van der Waals surface area (Å²) in [6.45, 7) is 0.532. The zero-order valence-electron chi connectivity index (χ0n) is 13.8. The van der Waals surface area contributed by atoms with Crippen molar-refractivity contribution < 1.29 is 9.53 Å². The van der Waals surface area contributed by atoms with Gasteiger partial charge >= 0.3 is 5.97 Å². The van der Waals surface area contributed by atoms with Gasteiger partial charge in [0.2, 0.25) is 0 Å². The standard InChI is InChI=1S/C17H18ClN5O2/c1-25-14(24)7-4-8-23-17-15(16(19)20-10-21-17)13(22-23)9-11-5-2-3-6-12(11)18/h2-3,5-6,10H,4,7-9H2,1H3,(H2,19,20,21). The molecule has 0 bridgehead atoms. The fourth-order valence-electron chi connectivity index (χ4n) is 2.68. The number of nitrogens with two attached hydrogens (primary N) is 1. The van der Waals surface area contributed by atoms with Gasteiger partial charge in [0.1, 0.15) is 12.1 Å². The summed E-state index contributed by atoms with van der Waals surface area (Å²) in [5.74, 6) is 0.133. The van der Waals surface area contributed by atoms with Crippen LogP contribution >= 0.6 is 11.6 Å². The third kappa shape index (κ3) is 3.71. The van der Waals surface area contributed by atoms with Crippen molar-refractivity contribution in [3.05, 3.63) is 46.9 Å². The number of methoxy groups -OCH3 is 1. The highest BCUT2D eigenvalue weighted by Crippen LogP contribution is 2.26. The summed E-state index contributed by atoms with van der Waals surface area (Å²) in [6.07, 6.45) is 2.85. The second-order valence-electron chi connectivity index (χ2n) is 5.58. The van der Waals surface area contributed by atoms with Crippen molar-refractivity contribution in [2.24, 2.45) is 0 Å². The summed E-state index contributed by atoms with van der Waals surface area (Å²) in [7, 11) is 1.38. The fraction of sp³-hybridized carbons (Fsp3) is 0.294. The normalized spacial score (nSPS) is 11.0.